The molecule has 0 rings (SSSR count). The Morgan fingerprint density at radius 2 is 2.25 bits per heavy atom. The lowest BCUT2D eigenvalue weighted by molar-refractivity contribution is 0.724. The topological polar surface area (TPSA) is 9.23 Å². The van der Waals surface area contributed by atoms with Crippen molar-refractivity contribution >= 4 is 29.3 Å². The molecular formula is H3ClOP2. The second-order valence-electron chi connectivity index (χ2n) is 0.195. The first-order chi connectivity index (χ1) is 1.91. The summed E-state index contributed by atoms with van der Waals surface area (Å²) in [5.41, 5.74) is 0. The average molecular weight is 116 g/mol. The van der Waals surface area contributed by atoms with Gasteiger partial charge in [0.2, 0.25) is 0 Å². The lowest BCUT2D eigenvalue weighted by atomic mass is 15.9. The minimum atomic E-state index is 0.323. The maximum atomic E-state index is 4.68. The maximum absolute atomic E-state index is 4.68. The van der Waals surface area contributed by atoms with E-state index in [9.17, 15) is 0 Å². The van der Waals surface area contributed by atoms with Crippen molar-refractivity contribution < 1.29 is 4.08 Å². The summed E-state index contributed by atoms with van der Waals surface area (Å²) in [5, 5.41) is 0. The molecule has 0 saturated heterocycles. The molecule has 0 aromatic carbocycles. The molecule has 0 saturated carbocycles. The summed E-state index contributed by atoms with van der Waals surface area (Å²) in [7, 11) is 2.65. The highest BCUT2D eigenvalue weighted by molar-refractivity contribution is 8.00. The van der Waals surface area contributed by atoms with E-state index in [4.69, 9.17) is 0 Å². The van der Waals surface area contributed by atoms with Gasteiger partial charge in [0.05, 0.1) is 20.4 Å². The second-order valence-corrected chi connectivity index (χ2v) is 1.76. The molecule has 0 aromatic rings. The molecule has 4 heteroatoms. The van der Waals surface area contributed by atoms with Gasteiger partial charge in [0, 0.05) is 0 Å². The van der Waals surface area contributed by atoms with Crippen molar-refractivity contribution in [3.8, 4) is 0 Å². The van der Waals surface area contributed by atoms with E-state index >= 15 is 0 Å². The zero-order valence-electron chi connectivity index (χ0n) is 1.86. The lowest BCUT2D eigenvalue weighted by Gasteiger charge is -1.70. The first-order valence-electron chi connectivity index (χ1n) is 0.647. The number of hydrogen-bond acceptors (Lipinski definition) is 1. The van der Waals surface area contributed by atoms with Gasteiger partial charge in [-0.25, -0.2) is 0 Å². The van der Waals surface area contributed by atoms with Crippen molar-refractivity contribution in [1.29, 1.82) is 0 Å². The van der Waals surface area contributed by atoms with Crippen LogP contribution < -0.4 is 0 Å². The predicted octanol–water partition coefficient (Wildman–Crippen LogP) is 1.54. The highest BCUT2D eigenvalue weighted by Crippen LogP contribution is 2.22. The van der Waals surface area contributed by atoms with Crippen molar-refractivity contribution in [1.82, 2.24) is 0 Å². The summed E-state index contributed by atoms with van der Waals surface area (Å²) in [4.78, 5) is 0. The fourth-order valence-electron chi connectivity index (χ4n) is 0. The molecule has 0 aromatic heterocycles. The summed E-state index contributed by atoms with van der Waals surface area (Å²) in [6.45, 7) is 0. The van der Waals surface area contributed by atoms with Crippen LogP contribution in [-0.4, -0.2) is 0 Å². The lowest BCUT2D eigenvalue weighted by Crippen LogP contribution is -1.22. The Bertz CT molecular complexity index is 8.00. The normalized spacial score (nSPS) is 10.5. The third-order valence-electron chi connectivity index (χ3n) is 0.0445. The SMILES string of the molecule is PPOCl. The van der Waals surface area contributed by atoms with E-state index < -0.39 is 0 Å². The quantitative estimate of drug-likeness (QED) is 0.472. The van der Waals surface area contributed by atoms with Gasteiger partial charge in [-0.2, -0.15) is 0 Å². The van der Waals surface area contributed by atoms with Gasteiger partial charge in [-0.05, 0) is 0 Å². The van der Waals surface area contributed by atoms with Crippen LogP contribution in [0.1, 0.15) is 0 Å². The first-order valence-corrected chi connectivity index (χ1v) is 3.67. The number of rotatable bonds is 1. The third-order valence-corrected chi connectivity index (χ3v) is 1.20. The van der Waals surface area contributed by atoms with Crippen LogP contribution in [0.15, 0.2) is 0 Å². The summed E-state index contributed by atoms with van der Waals surface area (Å²) in [6, 6.07) is 0. The van der Waals surface area contributed by atoms with Gasteiger partial charge >= 0.3 is 0 Å². The standard InChI is InChI=1S/ClH3OP2/c1-2-4-3/h4H,3H2. The van der Waals surface area contributed by atoms with E-state index in [1.165, 1.54) is 0 Å². The second kappa shape index (κ2) is 4.11. The maximum Gasteiger partial charge on any atom is 0.0648 e. The molecule has 1 nitrogen and oxygen atoms in total. The molecule has 0 spiro atoms. The van der Waals surface area contributed by atoms with Crippen LogP contribution in [0, 0.1) is 0 Å². The summed E-state index contributed by atoms with van der Waals surface area (Å²) in [6.07, 6.45) is 0. The van der Waals surface area contributed by atoms with Gasteiger partial charge < -0.3 is 0 Å². The van der Waals surface area contributed by atoms with Crippen molar-refractivity contribution in [3.63, 3.8) is 0 Å². The van der Waals surface area contributed by atoms with Crippen LogP contribution >= 0.6 is 29.3 Å². The van der Waals surface area contributed by atoms with Crippen molar-refractivity contribution in [2.75, 3.05) is 0 Å². The molecular weight excluding hydrogens is 113 g/mol. The molecule has 0 aliphatic heterocycles. The van der Waals surface area contributed by atoms with Crippen LogP contribution in [0.4, 0.5) is 0 Å². The molecule has 0 aliphatic carbocycles. The molecule has 0 radical (unpaired) electrons. The average Bonchev–Trinajstić information content (AvgIpc) is 1.37. The predicted molar refractivity (Wildman–Crippen MR) is 25.0 cm³/mol. The minimum absolute atomic E-state index is 0.323. The van der Waals surface area contributed by atoms with E-state index in [0.29, 0.717) is 8.50 Å². The van der Waals surface area contributed by atoms with Gasteiger partial charge in [-0.1, -0.05) is 8.93 Å². The van der Waals surface area contributed by atoms with Gasteiger partial charge in [0.25, 0.3) is 0 Å². The molecule has 26 valence electrons. The molecule has 0 heterocycles. The van der Waals surface area contributed by atoms with Crippen molar-refractivity contribution in [2.24, 2.45) is 0 Å². The van der Waals surface area contributed by atoms with E-state index in [0.717, 1.165) is 0 Å². The van der Waals surface area contributed by atoms with Gasteiger partial charge in [-0.15, -0.1) is 0 Å². The molecule has 0 fully saturated rings. The van der Waals surface area contributed by atoms with Crippen LogP contribution in [0.25, 0.3) is 0 Å². The molecule has 0 amide bonds. The summed E-state index contributed by atoms with van der Waals surface area (Å²) in [5.74, 6) is 0. The Balaban J connectivity index is 1.97. The molecule has 2 unspecified atom stereocenters. The smallest absolute Gasteiger partial charge is 0.0648 e. The zero-order chi connectivity index (χ0) is 3.41. The highest BCUT2D eigenvalue weighted by Gasteiger charge is 1.55. The number of halogens is 1. The molecule has 4 heavy (non-hydrogen) atoms. The van der Waals surface area contributed by atoms with Gasteiger partial charge in [0.15, 0.2) is 0 Å². The Morgan fingerprint density at radius 3 is 2.25 bits per heavy atom. The Labute approximate surface area is 34.2 Å². The molecule has 0 N–H and O–H groups in total. The van der Waals surface area contributed by atoms with Crippen molar-refractivity contribution in [3.05, 3.63) is 0 Å². The van der Waals surface area contributed by atoms with E-state index in [-0.39, 0.29) is 0 Å². The molecule has 2 atom stereocenters. The van der Waals surface area contributed by atoms with E-state index in [1.54, 1.807) is 0 Å². The van der Waals surface area contributed by atoms with Crippen LogP contribution in [0.3, 0.4) is 0 Å². The van der Waals surface area contributed by atoms with Gasteiger partial charge in [-0.3, -0.25) is 4.08 Å². The Morgan fingerprint density at radius 1 is 2.00 bits per heavy atom. The fraction of sp³-hybridized carbons (Fsp3) is 0. The third kappa shape index (κ3) is 3.11. The summed E-state index contributed by atoms with van der Waals surface area (Å²) >= 11 is 4.68. The van der Waals surface area contributed by atoms with Crippen molar-refractivity contribution in [2.45, 2.75) is 0 Å². The fourth-order valence-corrected chi connectivity index (χ4v) is 0. The largest absolute Gasteiger partial charge is 0.256 e. The molecule has 0 bridgehead atoms. The van der Waals surface area contributed by atoms with Crippen LogP contribution in [0.2, 0.25) is 0 Å². The highest BCUT2D eigenvalue weighted by atomic mass is 35.5. The van der Waals surface area contributed by atoms with Gasteiger partial charge in [0.1, 0.15) is 0 Å². The Kier molecular flexibility index (Phi) is 5.25. The Hall–Kier alpha value is 1.11. The summed E-state index contributed by atoms with van der Waals surface area (Å²) < 4.78 is 4.00. The minimum Gasteiger partial charge on any atom is -0.256 e. The molecule has 0 aliphatic rings. The van der Waals surface area contributed by atoms with Crippen LogP contribution in [-0.2, 0) is 4.08 Å². The van der Waals surface area contributed by atoms with E-state index in [1.807, 2.05) is 0 Å². The zero-order valence-corrected chi connectivity index (χ0v) is 4.77. The van der Waals surface area contributed by atoms with Crippen LogP contribution in [0.5, 0.6) is 0 Å². The van der Waals surface area contributed by atoms with E-state index in [2.05, 4.69) is 24.9 Å². The monoisotopic (exact) mass is 116 g/mol. The first kappa shape index (κ1) is 5.11. The number of hydrogen-bond donors (Lipinski definition) is 0.